The number of hydrogen-bond acceptors (Lipinski definition) is 5. The third kappa shape index (κ3) is 3.69. The summed E-state index contributed by atoms with van der Waals surface area (Å²) in [7, 11) is 0. The summed E-state index contributed by atoms with van der Waals surface area (Å²) < 4.78 is 0. The van der Waals surface area contributed by atoms with Crippen LogP contribution in [-0.4, -0.2) is 19.1 Å². The van der Waals surface area contributed by atoms with Crippen LogP contribution in [0.2, 0.25) is 0 Å². The molecule has 0 saturated heterocycles. The first-order chi connectivity index (χ1) is 10.7. The standard InChI is InChI=1S/C17H19N3O2/c1-3-20(4-2)14-11-9-13(10-12-14)18-19-16-8-6-5-7-15(16)17(21)22/h5-12H,3-4H2,1-2H3,(H,21,22)/p-1. The molecule has 0 N–H and O–H groups in total. The Kier molecular flexibility index (Phi) is 5.25. The van der Waals surface area contributed by atoms with Crippen molar-refractivity contribution in [1.29, 1.82) is 0 Å². The fourth-order valence-electron chi connectivity index (χ4n) is 2.16. The molecule has 0 fully saturated rings. The highest BCUT2D eigenvalue weighted by atomic mass is 16.4. The summed E-state index contributed by atoms with van der Waals surface area (Å²) in [6, 6.07) is 14.1. The van der Waals surface area contributed by atoms with Crippen molar-refractivity contribution < 1.29 is 9.90 Å². The van der Waals surface area contributed by atoms with Gasteiger partial charge >= 0.3 is 0 Å². The molecular weight excluding hydrogens is 278 g/mol. The Bertz CT molecular complexity index is 662. The molecule has 0 aromatic heterocycles. The van der Waals surface area contributed by atoms with E-state index in [4.69, 9.17) is 0 Å². The number of anilines is 1. The lowest BCUT2D eigenvalue weighted by Crippen LogP contribution is -2.22. The molecule has 0 heterocycles. The summed E-state index contributed by atoms with van der Waals surface area (Å²) in [6.07, 6.45) is 0. The van der Waals surface area contributed by atoms with E-state index in [2.05, 4.69) is 29.0 Å². The van der Waals surface area contributed by atoms with Gasteiger partial charge in [-0.05, 0) is 44.2 Å². The van der Waals surface area contributed by atoms with Gasteiger partial charge in [0.2, 0.25) is 0 Å². The average molecular weight is 296 g/mol. The lowest BCUT2D eigenvalue weighted by atomic mass is 10.2. The van der Waals surface area contributed by atoms with Crippen LogP contribution in [0.15, 0.2) is 58.8 Å². The van der Waals surface area contributed by atoms with Crippen molar-refractivity contribution in [2.75, 3.05) is 18.0 Å². The monoisotopic (exact) mass is 296 g/mol. The van der Waals surface area contributed by atoms with E-state index in [1.54, 1.807) is 18.2 Å². The van der Waals surface area contributed by atoms with Crippen LogP contribution in [-0.2, 0) is 0 Å². The number of benzene rings is 2. The van der Waals surface area contributed by atoms with Gasteiger partial charge in [0.05, 0.1) is 17.3 Å². The summed E-state index contributed by atoms with van der Waals surface area (Å²) in [6.45, 7) is 6.09. The highest BCUT2D eigenvalue weighted by Gasteiger charge is 2.02. The van der Waals surface area contributed by atoms with Crippen LogP contribution in [0, 0.1) is 0 Å². The molecule has 0 aliphatic rings. The average Bonchev–Trinajstić information content (AvgIpc) is 2.55. The zero-order chi connectivity index (χ0) is 15.9. The van der Waals surface area contributed by atoms with Crippen molar-refractivity contribution in [3.63, 3.8) is 0 Å². The fourth-order valence-corrected chi connectivity index (χ4v) is 2.16. The predicted octanol–water partition coefficient (Wildman–Crippen LogP) is 3.31. The maximum absolute atomic E-state index is 11.0. The number of carbonyl (C=O) groups is 1. The Morgan fingerprint density at radius 1 is 1.00 bits per heavy atom. The van der Waals surface area contributed by atoms with Crippen LogP contribution in [0.25, 0.3) is 0 Å². The zero-order valence-electron chi connectivity index (χ0n) is 12.7. The maximum atomic E-state index is 11.0. The highest BCUT2D eigenvalue weighted by Crippen LogP contribution is 2.24. The van der Waals surface area contributed by atoms with Crippen LogP contribution < -0.4 is 10.0 Å². The number of carbonyl (C=O) groups excluding carboxylic acids is 1. The van der Waals surface area contributed by atoms with Gasteiger partial charge in [-0.25, -0.2) is 0 Å². The van der Waals surface area contributed by atoms with Gasteiger partial charge in [-0.2, -0.15) is 5.11 Å². The van der Waals surface area contributed by atoms with Crippen LogP contribution >= 0.6 is 0 Å². The molecule has 0 radical (unpaired) electrons. The topological polar surface area (TPSA) is 68.1 Å². The summed E-state index contributed by atoms with van der Waals surface area (Å²) in [4.78, 5) is 13.2. The van der Waals surface area contributed by atoms with Crippen molar-refractivity contribution in [3.8, 4) is 0 Å². The molecule has 0 unspecified atom stereocenters. The Hall–Kier alpha value is -2.69. The maximum Gasteiger partial charge on any atom is 0.0947 e. The zero-order valence-corrected chi connectivity index (χ0v) is 12.7. The van der Waals surface area contributed by atoms with Crippen molar-refractivity contribution in [2.24, 2.45) is 10.2 Å². The van der Waals surface area contributed by atoms with E-state index in [-0.39, 0.29) is 11.3 Å². The number of carboxylic acid groups (broad SMARTS) is 1. The molecule has 0 aliphatic carbocycles. The van der Waals surface area contributed by atoms with E-state index in [1.165, 1.54) is 6.07 Å². The Balaban J connectivity index is 2.19. The largest absolute Gasteiger partial charge is 0.545 e. The summed E-state index contributed by atoms with van der Waals surface area (Å²) in [5, 5.41) is 19.1. The molecule has 2 aromatic carbocycles. The molecule has 5 heteroatoms. The molecule has 0 aliphatic heterocycles. The minimum Gasteiger partial charge on any atom is -0.545 e. The molecular formula is C17H18N3O2-. The van der Waals surface area contributed by atoms with Gasteiger partial charge in [-0.15, -0.1) is 5.11 Å². The molecule has 2 aromatic rings. The number of rotatable bonds is 6. The normalized spacial score (nSPS) is 10.8. The number of hydrogen-bond donors (Lipinski definition) is 0. The smallest absolute Gasteiger partial charge is 0.0947 e. The molecule has 114 valence electrons. The Labute approximate surface area is 129 Å². The van der Waals surface area contributed by atoms with E-state index in [9.17, 15) is 9.90 Å². The van der Waals surface area contributed by atoms with E-state index < -0.39 is 5.97 Å². The van der Waals surface area contributed by atoms with Crippen molar-refractivity contribution in [3.05, 3.63) is 54.1 Å². The van der Waals surface area contributed by atoms with Crippen LogP contribution in [0.1, 0.15) is 24.2 Å². The number of nitrogens with zero attached hydrogens (tertiary/aromatic N) is 3. The lowest BCUT2D eigenvalue weighted by molar-refractivity contribution is -0.254. The molecule has 0 spiro atoms. The van der Waals surface area contributed by atoms with Crippen LogP contribution in [0.4, 0.5) is 17.1 Å². The van der Waals surface area contributed by atoms with Gasteiger partial charge in [0, 0.05) is 24.3 Å². The van der Waals surface area contributed by atoms with Crippen LogP contribution in [0.3, 0.4) is 0 Å². The molecule has 0 bridgehead atoms. The Morgan fingerprint density at radius 3 is 2.23 bits per heavy atom. The second-order valence-electron chi connectivity index (χ2n) is 4.69. The summed E-state index contributed by atoms with van der Waals surface area (Å²) in [5.41, 5.74) is 2.12. The first-order valence-corrected chi connectivity index (χ1v) is 7.22. The minimum atomic E-state index is -1.26. The minimum absolute atomic E-state index is 0.0333. The summed E-state index contributed by atoms with van der Waals surface area (Å²) in [5.74, 6) is -1.26. The number of azo groups is 1. The van der Waals surface area contributed by atoms with E-state index in [1.807, 2.05) is 24.3 Å². The van der Waals surface area contributed by atoms with E-state index in [0.29, 0.717) is 5.69 Å². The SMILES string of the molecule is CCN(CC)c1ccc(N=Nc2ccccc2C(=O)[O-])cc1. The first-order valence-electron chi connectivity index (χ1n) is 7.22. The van der Waals surface area contributed by atoms with Gasteiger partial charge in [-0.3, -0.25) is 0 Å². The second kappa shape index (κ2) is 7.36. The number of aromatic carboxylic acids is 1. The van der Waals surface area contributed by atoms with E-state index >= 15 is 0 Å². The van der Waals surface area contributed by atoms with Crippen molar-refractivity contribution in [2.45, 2.75) is 13.8 Å². The van der Waals surface area contributed by atoms with Gasteiger partial charge in [-0.1, -0.05) is 18.2 Å². The predicted molar refractivity (Wildman–Crippen MR) is 85.0 cm³/mol. The first kappa shape index (κ1) is 15.7. The van der Waals surface area contributed by atoms with Gasteiger partial charge < -0.3 is 14.8 Å². The van der Waals surface area contributed by atoms with Crippen molar-refractivity contribution >= 4 is 23.0 Å². The van der Waals surface area contributed by atoms with E-state index in [0.717, 1.165) is 18.8 Å². The molecule has 5 nitrogen and oxygen atoms in total. The number of carboxylic acids is 1. The van der Waals surface area contributed by atoms with Crippen LogP contribution in [0.5, 0.6) is 0 Å². The second-order valence-corrected chi connectivity index (χ2v) is 4.69. The fraction of sp³-hybridized carbons (Fsp3) is 0.235. The molecule has 22 heavy (non-hydrogen) atoms. The third-order valence-electron chi connectivity index (χ3n) is 3.38. The molecule has 0 amide bonds. The highest BCUT2D eigenvalue weighted by molar-refractivity contribution is 5.91. The quantitative estimate of drug-likeness (QED) is 0.768. The molecule has 2 rings (SSSR count). The third-order valence-corrected chi connectivity index (χ3v) is 3.38. The van der Waals surface area contributed by atoms with Gasteiger partial charge in [0.15, 0.2) is 0 Å². The lowest BCUT2D eigenvalue weighted by Gasteiger charge is -2.20. The van der Waals surface area contributed by atoms with Gasteiger partial charge in [0.1, 0.15) is 0 Å². The molecule has 0 atom stereocenters. The van der Waals surface area contributed by atoms with Crippen molar-refractivity contribution in [1.82, 2.24) is 0 Å². The Morgan fingerprint density at radius 2 is 1.64 bits per heavy atom. The summed E-state index contributed by atoms with van der Waals surface area (Å²) >= 11 is 0. The molecule has 0 saturated carbocycles. The van der Waals surface area contributed by atoms with Gasteiger partial charge in [0.25, 0.3) is 0 Å².